The standard InChI is InChI=1S/C21H29N3O2/c1-15(2)24-8-6-22-21(24)17-5-4-7-23(13-17)14-18-12-20-19(11-16(18)3)25-9-10-26-20/h6,8,11-12,15,17H,4-5,7,9-10,13-14H2,1-3H3. The van der Waals surface area contributed by atoms with Gasteiger partial charge < -0.3 is 14.0 Å². The van der Waals surface area contributed by atoms with Crippen LogP contribution in [0.5, 0.6) is 11.5 Å². The van der Waals surface area contributed by atoms with Crippen LogP contribution in [0.3, 0.4) is 0 Å². The Morgan fingerprint density at radius 2 is 1.96 bits per heavy atom. The average Bonchev–Trinajstić information content (AvgIpc) is 3.13. The minimum absolute atomic E-state index is 0.461. The molecule has 1 fully saturated rings. The van der Waals surface area contributed by atoms with Gasteiger partial charge in [0.05, 0.1) is 0 Å². The van der Waals surface area contributed by atoms with Gasteiger partial charge in [-0.1, -0.05) is 0 Å². The maximum Gasteiger partial charge on any atom is 0.161 e. The molecule has 26 heavy (non-hydrogen) atoms. The van der Waals surface area contributed by atoms with E-state index in [4.69, 9.17) is 9.47 Å². The van der Waals surface area contributed by atoms with Gasteiger partial charge in [0.1, 0.15) is 19.0 Å². The lowest BCUT2D eigenvalue weighted by Gasteiger charge is -2.33. The number of benzene rings is 1. The van der Waals surface area contributed by atoms with E-state index in [-0.39, 0.29) is 0 Å². The lowest BCUT2D eigenvalue weighted by molar-refractivity contribution is 0.169. The van der Waals surface area contributed by atoms with E-state index in [0.717, 1.165) is 31.1 Å². The number of likely N-dealkylation sites (tertiary alicyclic amines) is 1. The number of rotatable bonds is 4. The van der Waals surface area contributed by atoms with Gasteiger partial charge in [0.2, 0.25) is 0 Å². The Kier molecular flexibility index (Phi) is 4.90. The molecule has 3 heterocycles. The summed E-state index contributed by atoms with van der Waals surface area (Å²) in [5, 5.41) is 0. The van der Waals surface area contributed by atoms with E-state index >= 15 is 0 Å². The molecule has 4 rings (SSSR count). The van der Waals surface area contributed by atoms with Crippen molar-refractivity contribution in [2.24, 2.45) is 0 Å². The lowest BCUT2D eigenvalue weighted by Crippen LogP contribution is -2.35. The highest BCUT2D eigenvalue weighted by Crippen LogP contribution is 2.34. The summed E-state index contributed by atoms with van der Waals surface area (Å²) in [5.41, 5.74) is 2.61. The maximum absolute atomic E-state index is 5.77. The molecule has 1 aromatic heterocycles. The molecule has 0 N–H and O–H groups in total. The molecular weight excluding hydrogens is 326 g/mol. The first-order valence-electron chi connectivity index (χ1n) is 9.76. The monoisotopic (exact) mass is 355 g/mol. The van der Waals surface area contributed by atoms with E-state index in [9.17, 15) is 0 Å². The Labute approximate surface area is 155 Å². The number of aromatic nitrogens is 2. The van der Waals surface area contributed by atoms with Crippen molar-refractivity contribution in [3.05, 3.63) is 41.5 Å². The molecular formula is C21H29N3O2. The van der Waals surface area contributed by atoms with Crippen molar-refractivity contribution in [1.29, 1.82) is 0 Å². The molecule has 0 spiro atoms. The number of aryl methyl sites for hydroxylation is 1. The Morgan fingerprint density at radius 1 is 1.19 bits per heavy atom. The van der Waals surface area contributed by atoms with Gasteiger partial charge in [0.25, 0.3) is 0 Å². The Bertz CT molecular complexity index is 769. The highest BCUT2D eigenvalue weighted by Gasteiger charge is 2.26. The van der Waals surface area contributed by atoms with Gasteiger partial charge in [0.15, 0.2) is 11.5 Å². The average molecular weight is 355 g/mol. The zero-order chi connectivity index (χ0) is 18.1. The SMILES string of the molecule is Cc1cc2c(cc1CN1CCCC(c3nccn3C(C)C)C1)OCCO2. The number of nitrogens with zero attached hydrogens (tertiary/aromatic N) is 3. The number of hydrogen-bond donors (Lipinski definition) is 0. The molecule has 0 amide bonds. The Hall–Kier alpha value is -2.01. The minimum atomic E-state index is 0.461. The van der Waals surface area contributed by atoms with Crippen LogP contribution < -0.4 is 9.47 Å². The molecule has 5 heteroatoms. The molecule has 1 saturated heterocycles. The van der Waals surface area contributed by atoms with Gasteiger partial charge in [-0.15, -0.1) is 0 Å². The molecule has 0 bridgehead atoms. The largest absolute Gasteiger partial charge is 0.486 e. The van der Waals surface area contributed by atoms with Crippen molar-refractivity contribution in [2.45, 2.75) is 52.1 Å². The van der Waals surface area contributed by atoms with E-state index in [2.05, 4.69) is 53.6 Å². The highest BCUT2D eigenvalue weighted by molar-refractivity contribution is 5.47. The van der Waals surface area contributed by atoms with Crippen LogP contribution in [-0.2, 0) is 6.54 Å². The van der Waals surface area contributed by atoms with Crippen LogP contribution >= 0.6 is 0 Å². The molecule has 0 radical (unpaired) electrons. The summed E-state index contributed by atoms with van der Waals surface area (Å²) in [6.07, 6.45) is 6.50. The van der Waals surface area contributed by atoms with Crippen molar-refractivity contribution in [1.82, 2.24) is 14.5 Å². The van der Waals surface area contributed by atoms with Gasteiger partial charge in [-0.05, 0) is 63.4 Å². The summed E-state index contributed by atoms with van der Waals surface area (Å²) in [5.74, 6) is 3.52. The first-order valence-corrected chi connectivity index (χ1v) is 9.76. The third-order valence-electron chi connectivity index (χ3n) is 5.52. The fraction of sp³-hybridized carbons (Fsp3) is 0.571. The fourth-order valence-corrected chi connectivity index (χ4v) is 4.13. The third kappa shape index (κ3) is 3.45. The molecule has 2 aromatic rings. The van der Waals surface area contributed by atoms with Crippen molar-refractivity contribution in [2.75, 3.05) is 26.3 Å². The minimum Gasteiger partial charge on any atom is -0.486 e. The van der Waals surface area contributed by atoms with Crippen LogP contribution in [0.1, 0.15) is 55.6 Å². The van der Waals surface area contributed by atoms with Crippen LogP contribution in [-0.4, -0.2) is 40.8 Å². The summed E-state index contributed by atoms with van der Waals surface area (Å²) in [6.45, 7) is 11.1. The van der Waals surface area contributed by atoms with Crippen LogP contribution in [0.2, 0.25) is 0 Å². The van der Waals surface area contributed by atoms with Crippen molar-refractivity contribution in [3.8, 4) is 11.5 Å². The molecule has 0 saturated carbocycles. The maximum atomic E-state index is 5.77. The van der Waals surface area contributed by atoms with Crippen LogP contribution in [0.4, 0.5) is 0 Å². The third-order valence-corrected chi connectivity index (χ3v) is 5.52. The molecule has 0 aliphatic carbocycles. The van der Waals surface area contributed by atoms with Crippen molar-refractivity contribution >= 4 is 0 Å². The quantitative estimate of drug-likeness (QED) is 0.833. The predicted octanol–water partition coefficient (Wildman–Crippen LogP) is 3.92. The topological polar surface area (TPSA) is 39.5 Å². The number of fused-ring (bicyclic) bond motifs is 1. The van der Waals surface area contributed by atoms with Crippen molar-refractivity contribution < 1.29 is 9.47 Å². The molecule has 1 atom stereocenters. The van der Waals surface area contributed by atoms with E-state index in [1.54, 1.807) is 0 Å². The van der Waals surface area contributed by atoms with Gasteiger partial charge in [-0.25, -0.2) is 4.98 Å². The Balaban J connectivity index is 1.49. The summed E-state index contributed by atoms with van der Waals surface area (Å²) in [7, 11) is 0. The van der Waals surface area contributed by atoms with E-state index in [1.807, 2.05) is 6.20 Å². The number of piperidine rings is 1. The molecule has 2 aliphatic heterocycles. The summed E-state index contributed by atoms with van der Waals surface area (Å²) in [6, 6.07) is 4.75. The fourth-order valence-electron chi connectivity index (χ4n) is 4.13. The highest BCUT2D eigenvalue weighted by atomic mass is 16.6. The molecule has 5 nitrogen and oxygen atoms in total. The normalized spacial score (nSPS) is 20.5. The second kappa shape index (κ2) is 7.31. The summed E-state index contributed by atoms with van der Waals surface area (Å²) >= 11 is 0. The van der Waals surface area contributed by atoms with E-state index in [0.29, 0.717) is 25.2 Å². The molecule has 1 unspecified atom stereocenters. The van der Waals surface area contributed by atoms with Crippen LogP contribution in [0, 0.1) is 6.92 Å². The van der Waals surface area contributed by atoms with Crippen LogP contribution in [0.15, 0.2) is 24.5 Å². The summed E-state index contributed by atoms with van der Waals surface area (Å²) in [4.78, 5) is 7.24. The zero-order valence-corrected chi connectivity index (χ0v) is 16.1. The lowest BCUT2D eigenvalue weighted by atomic mass is 9.96. The van der Waals surface area contributed by atoms with Crippen LogP contribution in [0.25, 0.3) is 0 Å². The first kappa shape index (κ1) is 17.4. The predicted molar refractivity (Wildman–Crippen MR) is 102 cm³/mol. The smallest absolute Gasteiger partial charge is 0.161 e. The number of hydrogen-bond acceptors (Lipinski definition) is 4. The van der Waals surface area contributed by atoms with Gasteiger partial charge in [-0.3, -0.25) is 4.90 Å². The zero-order valence-electron chi connectivity index (χ0n) is 16.1. The second-order valence-electron chi connectivity index (χ2n) is 7.78. The first-order chi connectivity index (χ1) is 12.6. The van der Waals surface area contributed by atoms with E-state index in [1.165, 1.54) is 29.8 Å². The van der Waals surface area contributed by atoms with Gasteiger partial charge in [-0.2, -0.15) is 0 Å². The summed E-state index contributed by atoms with van der Waals surface area (Å²) < 4.78 is 13.8. The second-order valence-corrected chi connectivity index (χ2v) is 7.78. The van der Waals surface area contributed by atoms with Gasteiger partial charge >= 0.3 is 0 Å². The molecule has 140 valence electrons. The number of ether oxygens (including phenoxy) is 2. The molecule has 1 aromatic carbocycles. The van der Waals surface area contributed by atoms with Gasteiger partial charge in [0, 0.05) is 37.4 Å². The number of imidazole rings is 1. The Morgan fingerprint density at radius 3 is 2.73 bits per heavy atom. The van der Waals surface area contributed by atoms with E-state index < -0.39 is 0 Å². The molecule has 2 aliphatic rings. The van der Waals surface area contributed by atoms with Crippen molar-refractivity contribution in [3.63, 3.8) is 0 Å².